The number of rotatable bonds is 7. The highest BCUT2D eigenvalue weighted by molar-refractivity contribution is 5.25. The second kappa shape index (κ2) is 7.33. The van der Waals surface area contributed by atoms with Crippen molar-refractivity contribution in [3.05, 3.63) is 53.4 Å². The van der Waals surface area contributed by atoms with Crippen LogP contribution < -0.4 is 5.32 Å². The van der Waals surface area contributed by atoms with Crippen LogP contribution in [0.25, 0.3) is 0 Å². The fraction of sp³-hybridized carbons (Fsp3) is 0.438. The Morgan fingerprint density at radius 3 is 2.81 bits per heavy atom. The molecule has 1 aromatic heterocycles. The largest absolute Gasteiger partial charge is 0.337 e. The molecule has 0 fully saturated rings. The molecular formula is C16H23FN4. The zero-order valence-corrected chi connectivity index (χ0v) is 12.9. The lowest BCUT2D eigenvalue weighted by molar-refractivity contribution is 0.302. The topological polar surface area (TPSA) is 33.1 Å². The lowest BCUT2D eigenvalue weighted by Crippen LogP contribution is -2.20. The van der Waals surface area contributed by atoms with Crippen LogP contribution in [-0.4, -0.2) is 28.0 Å². The minimum absolute atomic E-state index is 0.151. The summed E-state index contributed by atoms with van der Waals surface area (Å²) in [4.78, 5) is 6.36. The van der Waals surface area contributed by atoms with Gasteiger partial charge in [0.2, 0.25) is 0 Å². The van der Waals surface area contributed by atoms with E-state index in [9.17, 15) is 4.39 Å². The third-order valence-corrected chi connectivity index (χ3v) is 3.46. The molecule has 0 atom stereocenters. The van der Waals surface area contributed by atoms with Crippen molar-refractivity contribution in [3.63, 3.8) is 0 Å². The van der Waals surface area contributed by atoms with Gasteiger partial charge in [0.15, 0.2) is 0 Å². The van der Waals surface area contributed by atoms with Gasteiger partial charge in [-0.2, -0.15) is 0 Å². The van der Waals surface area contributed by atoms with E-state index in [1.165, 1.54) is 0 Å². The van der Waals surface area contributed by atoms with Crippen LogP contribution in [-0.2, 0) is 26.7 Å². The standard InChI is InChI=1S/C16H23FN4/c1-4-18-10-13-5-6-15(17)14(9-13)11-20(2)12-16-19-7-8-21(16)3/h5-9,18H,4,10-12H2,1-3H3. The van der Waals surface area contributed by atoms with E-state index in [4.69, 9.17) is 0 Å². The Labute approximate surface area is 125 Å². The summed E-state index contributed by atoms with van der Waals surface area (Å²) in [5.74, 6) is 0.823. The van der Waals surface area contributed by atoms with Gasteiger partial charge in [-0.05, 0) is 25.2 Å². The summed E-state index contributed by atoms with van der Waals surface area (Å²) in [6, 6.07) is 5.32. The molecule has 0 radical (unpaired) electrons. The minimum atomic E-state index is -0.151. The van der Waals surface area contributed by atoms with E-state index in [1.54, 1.807) is 12.3 Å². The number of nitrogens with one attached hydrogen (secondary N) is 1. The third-order valence-electron chi connectivity index (χ3n) is 3.46. The van der Waals surface area contributed by atoms with Gasteiger partial charge in [-0.15, -0.1) is 0 Å². The van der Waals surface area contributed by atoms with Crippen molar-refractivity contribution in [2.45, 2.75) is 26.6 Å². The highest BCUT2D eigenvalue weighted by Crippen LogP contribution is 2.14. The summed E-state index contributed by atoms with van der Waals surface area (Å²) in [6.07, 6.45) is 3.70. The lowest BCUT2D eigenvalue weighted by Gasteiger charge is -2.17. The number of hydrogen-bond donors (Lipinski definition) is 1. The van der Waals surface area contributed by atoms with Gasteiger partial charge in [0, 0.05) is 38.1 Å². The van der Waals surface area contributed by atoms with Gasteiger partial charge in [-0.25, -0.2) is 9.37 Å². The maximum Gasteiger partial charge on any atom is 0.127 e. The predicted molar refractivity (Wildman–Crippen MR) is 82.2 cm³/mol. The van der Waals surface area contributed by atoms with E-state index in [2.05, 4.69) is 22.1 Å². The van der Waals surface area contributed by atoms with Crippen molar-refractivity contribution < 1.29 is 4.39 Å². The maximum absolute atomic E-state index is 13.9. The van der Waals surface area contributed by atoms with E-state index in [0.717, 1.165) is 30.0 Å². The highest BCUT2D eigenvalue weighted by Gasteiger charge is 2.09. The van der Waals surface area contributed by atoms with Gasteiger partial charge in [-0.3, -0.25) is 4.90 Å². The quantitative estimate of drug-likeness (QED) is 0.849. The maximum atomic E-state index is 13.9. The van der Waals surface area contributed by atoms with Crippen LogP contribution in [0.15, 0.2) is 30.6 Å². The van der Waals surface area contributed by atoms with Crippen molar-refractivity contribution in [3.8, 4) is 0 Å². The third kappa shape index (κ3) is 4.37. The molecule has 0 aliphatic carbocycles. The first kappa shape index (κ1) is 15.7. The first-order valence-electron chi connectivity index (χ1n) is 7.23. The molecule has 0 amide bonds. The Balaban J connectivity index is 2.02. The van der Waals surface area contributed by atoms with E-state index < -0.39 is 0 Å². The summed E-state index contributed by atoms with van der Waals surface area (Å²) in [5, 5.41) is 3.26. The van der Waals surface area contributed by atoms with Crippen LogP contribution in [0.2, 0.25) is 0 Å². The second-order valence-corrected chi connectivity index (χ2v) is 5.33. The van der Waals surface area contributed by atoms with Crippen LogP contribution in [0.3, 0.4) is 0 Å². The lowest BCUT2D eigenvalue weighted by atomic mass is 10.1. The number of hydrogen-bond acceptors (Lipinski definition) is 3. The van der Waals surface area contributed by atoms with Gasteiger partial charge in [0.05, 0.1) is 6.54 Å². The van der Waals surface area contributed by atoms with Crippen molar-refractivity contribution in [2.75, 3.05) is 13.6 Å². The summed E-state index contributed by atoms with van der Waals surface area (Å²) >= 11 is 0. The van der Waals surface area contributed by atoms with Crippen molar-refractivity contribution in [2.24, 2.45) is 7.05 Å². The first-order chi connectivity index (χ1) is 10.1. The molecule has 114 valence electrons. The Morgan fingerprint density at radius 1 is 1.33 bits per heavy atom. The normalized spacial score (nSPS) is 11.3. The summed E-state index contributed by atoms with van der Waals surface area (Å²) in [5.41, 5.74) is 1.83. The first-order valence-corrected chi connectivity index (χ1v) is 7.23. The molecule has 1 aromatic carbocycles. The molecule has 0 saturated heterocycles. The van der Waals surface area contributed by atoms with E-state index in [-0.39, 0.29) is 5.82 Å². The Morgan fingerprint density at radius 2 is 2.14 bits per heavy atom. The molecule has 0 aliphatic heterocycles. The molecule has 5 heteroatoms. The summed E-state index contributed by atoms with van der Waals surface area (Å²) in [7, 11) is 3.94. The van der Waals surface area contributed by atoms with Crippen LogP contribution in [0.1, 0.15) is 23.9 Å². The predicted octanol–water partition coefficient (Wildman–Crippen LogP) is 2.30. The van der Waals surface area contributed by atoms with Crippen LogP contribution in [0.5, 0.6) is 0 Å². The fourth-order valence-corrected chi connectivity index (χ4v) is 2.27. The van der Waals surface area contributed by atoms with Gasteiger partial charge in [0.1, 0.15) is 11.6 Å². The smallest absolute Gasteiger partial charge is 0.127 e. The number of benzene rings is 1. The Kier molecular flexibility index (Phi) is 5.47. The number of nitrogens with zero attached hydrogens (tertiary/aromatic N) is 3. The molecule has 0 spiro atoms. The van der Waals surface area contributed by atoms with Crippen molar-refractivity contribution in [1.29, 1.82) is 0 Å². The molecule has 1 heterocycles. The molecule has 2 rings (SSSR count). The number of aromatic nitrogens is 2. The van der Waals surface area contributed by atoms with Gasteiger partial charge in [-0.1, -0.05) is 19.1 Å². The molecule has 21 heavy (non-hydrogen) atoms. The second-order valence-electron chi connectivity index (χ2n) is 5.33. The molecule has 0 aliphatic rings. The molecule has 4 nitrogen and oxygen atoms in total. The van der Waals surface area contributed by atoms with Crippen LogP contribution in [0, 0.1) is 5.82 Å². The van der Waals surface area contributed by atoms with Gasteiger partial charge >= 0.3 is 0 Å². The average Bonchev–Trinajstić information content (AvgIpc) is 2.85. The Bertz CT molecular complexity index is 579. The zero-order chi connectivity index (χ0) is 15.2. The minimum Gasteiger partial charge on any atom is -0.337 e. The average molecular weight is 290 g/mol. The number of aryl methyl sites for hydroxylation is 1. The van der Waals surface area contributed by atoms with Crippen molar-refractivity contribution in [1.82, 2.24) is 19.8 Å². The monoisotopic (exact) mass is 290 g/mol. The molecular weight excluding hydrogens is 267 g/mol. The number of halogens is 1. The molecule has 0 bridgehead atoms. The zero-order valence-electron chi connectivity index (χ0n) is 12.9. The molecule has 0 saturated carbocycles. The summed E-state index contributed by atoms with van der Waals surface area (Å²) in [6.45, 7) is 5.00. The highest BCUT2D eigenvalue weighted by atomic mass is 19.1. The van der Waals surface area contributed by atoms with E-state index >= 15 is 0 Å². The molecule has 1 N–H and O–H groups in total. The van der Waals surface area contributed by atoms with Crippen LogP contribution >= 0.6 is 0 Å². The van der Waals surface area contributed by atoms with Crippen LogP contribution in [0.4, 0.5) is 4.39 Å². The number of imidazole rings is 1. The fourth-order valence-electron chi connectivity index (χ4n) is 2.27. The van der Waals surface area contributed by atoms with E-state index in [1.807, 2.05) is 37.0 Å². The Hall–Kier alpha value is -1.72. The van der Waals surface area contributed by atoms with Gasteiger partial charge < -0.3 is 9.88 Å². The summed E-state index contributed by atoms with van der Waals surface area (Å²) < 4.78 is 15.9. The van der Waals surface area contributed by atoms with E-state index in [0.29, 0.717) is 13.1 Å². The SMILES string of the molecule is CCNCc1ccc(F)c(CN(C)Cc2nccn2C)c1. The molecule has 2 aromatic rings. The van der Waals surface area contributed by atoms with Gasteiger partial charge in [0.25, 0.3) is 0 Å². The molecule has 0 unspecified atom stereocenters. The van der Waals surface area contributed by atoms with Crippen molar-refractivity contribution >= 4 is 0 Å².